The van der Waals surface area contributed by atoms with Gasteiger partial charge in [0, 0.05) is 24.1 Å². The van der Waals surface area contributed by atoms with Crippen molar-refractivity contribution in [3.05, 3.63) is 76.3 Å². The molecular formula is C21H19ClO3. The first-order valence-electron chi connectivity index (χ1n) is 8.14. The summed E-state index contributed by atoms with van der Waals surface area (Å²) in [5, 5.41) is 0.660. The highest BCUT2D eigenvalue weighted by molar-refractivity contribution is 6.30. The summed E-state index contributed by atoms with van der Waals surface area (Å²) in [6.45, 7) is 4.08. The van der Waals surface area contributed by atoms with Gasteiger partial charge in [-0.2, -0.15) is 0 Å². The van der Waals surface area contributed by atoms with E-state index in [0.29, 0.717) is 23.0 Å². The molecule has 1 heterocycles. The van der Waals surface area contributed by atoms with E-state index < -0.39 is 5.79 Å². The summed E-state index contributed by atoms with van der Waals surface area (Å²) >= 11 is 5.88. The number of rotatable bonds is 5. The molecular weight excluding hydrogens is 336 g/mol. The number of allylic oxidation sites excluding steroid dienone is 1. The van der Waals surface area contributed by atoms with Crippen LogP contribution in [0.3, 0.4) is 0 Å². The van der Waals surface area contributed by atoms with Crippen molar-refractivity contribution in [2.75, 3.05) is 6.61 Å². The molecule has 3 rings (SSSR count). The van der Waals surface area contributed by atoms with Crippen LogP contribution in [0.15, 0.2) is 60.2 Å². The van der Waals surface area contributed by atoms with Gasteiger partial charge in [-0.3, -0.25) is 4.79 Å². The molecule has 0 saturated heterocycles. The van der Waals surface area contributed by atoms with E-state index in [0.717, 1.165) is 11.1 Å². The maximum absolute atomic E-state index is 12.8. The monoisotopic (exact) mass is 354 g/mol. The summed E-state index contributed by atoms with van der Waals surface area (Å²) in [5.74, 6) is -0.554. The van der Waals surface area contributed by atoms with Gasteiger partial charge in [-0.15, -0.1) is 0 Å². The zero-order valence-electron chi connectivity index (χ0n) is 14.2. The smallest absolute Gasteiger partial charge is 0.238 e. The van der Waals surface area contributed by atoms with Crippen LogP contribution in [0.25, 0.3) is 12.2 Å². The topological polar surface area (TPSA) is 35.5 Å². The molecule has 0 aromatic heterocycles. The zero-order valence-corrected chi connectivity index (χ0v) is 14.9. The second kappa shape index (κ2) is 7.26. The Hall–Kier alpha value is -2.36. The number of ketones is 1. The van der Waals surface area contributed by atoms with Crippen LogP contribution in [0, 0.1) is 0 Å². The summed E-state index contributed by atoms with van der Waals surface area (Å²) < 4.78 is 11.8. The van der Waals surface area contributed by atoms with Crippen molar-refractivity contribution in [2.45, 2.75) is 19.6 Å². The Morgan fingerprint density at radius 2 is 1.92 bits per heavy atom. The molecule has 0 saturated carbocycles. The fraction of sp³-hybridized carbons (Fsp3) is 0.190. The fourth-order valence-electron chi connectivity index (χ4n) is 2.76. The van der Waals surface area contributed by atoms with Gasteiger partial charge >= 0.3 is 0 Å². The summed E-state index contributed by atoms with van der Waals surface area (Å²) in [6, 6.07) is 14.9. The van der Waals surface area contributed by atoms with E-state index in [2.05, 4.69) is 0 Å². The van der Waals surface area contributed by atoms with Crippen molar-refractivity contribution in [2.24, 2.45) is 0 Å². The quantitative estimate of drug-likeness (QED) is 0.696. The predicted octanol–water partition coefficient (Wildman–Crippen LogP) is 5.15. The van der Waals surface area contributed by atoms with Crippen LogP contribution < -0.4 is 4.74 Å². The third-order valence-electron chi connectivity index (χ3n) is 4.00. The van der Waals surface area contributed by atoms with E-state index in [-0.39, 0.29) is 5.78 Å². The Morgan fingerprint density at radius 3 is 2.64 bits per heavy atom. The number of fused-ring (bicyclic) bond motifs is 1. The molecule has 2 aromatic carbocycles. The lowest BCUT2D eigenvalue weighted by Crippen LogP contribution is -2.42. The number of halogens is 1. The minimum Gasteiger partial charge on any atom is -0.458 e. The van der Waals surface area contributed by atoms with Crippen molar-refractivity contribution in [3.8, 4) is 5.75 Å². The van der Waals surface area contributed by atoms with Gasteiger partial charge in [0.2, 0.25) is 5.79 Å². The van der Waals surface area contributed by atoms with Crippen molar-refractivity contribution in [3.63, 3.8) is 0 Å². The lowest BCUT2D eigenvalue weighted by Gasteiger charge is -2.35. The number of hydrogen-bond donors (Lipinski definition) is 0. The first-order valence-corrected chi connectivity index (χ1v) is 8.52. The number of benzene rings is 2. The Labute approximate surface area is 152 Å². The number of hydrogen-bond acceptors (Lipinski definition) is 3. The zero-order chi connectivity index (χ0) is 17.9. The van der Waals surface area contributed by atoms with Gasteiger partial charge in [-0.1, -0.05) is 48.0 Å². The average molecular weight is 355 g/mol. The highest BCUT2D eigenvalue weighted by atomic mass is 35.5. The number of carbonyl (C=O) groups is 1. The number of para-hydroxylation sites is 1. The molecule has 4 heteroatoms. The molecule has 128 valence electrons. The molecule has 3 nitrogen and oxygen atoms in total. The van der Waals surface area contributed by atoms with Crippen LogP contribution in [-0.4, -0.2) is 18.2 Å². The molecule has 1 aliphatic heterocycles. The largest absolute Gasteiger partial charge is 0.458 e. The highest BCUT2D eigenvalue weighted by Gasteiger charge is 2.38. The third-order valence-corrected chi connectivity index (χ3v) is 4.25. The molecule has 0 aliphatic carbocycles. The van der Waals surface area contributed by atoms with Gasteiger partial charge < -0.3 is 9.47 Å². The van der Waals surface area contributed by atoms with Crippen LogP contribution in [0.4, 0.5) is 0 Å². The minimum absolute atomic E-state index is 0.152. The summed E-state index contributed by atoms with van der Waals surface area (Å²) in [6.07, 6.45) is 5.12. The summed E-state index contributed by atoms with van der Waals surface area (Å²) in [5.41, 5.74) is 2.23. The molecule has 0 amide bonds. The van der Waals surface area contributed by atoms with E-state index in [1.165, 1.54) is 6.08 Å². The lowest BCUT2D eigenvalue weighted by molar-refractivity contribution is -0.146. The van der Waals surface area contributed by atoms with Crippen LogP contribution in [-0.2, 0) is 9.53 Å². The summed E-state index contributed by atoms with van der Waals surface area (Å²) in [7, 11) is 0. The normalized spacial score (nSPS) is 19.2. The van der Waals surface area contributed by atoms with Crippen molar-refractivity contribution in [1.82, 2.24) is 0 Å². The van der Waals surface area contributed by atoms with E-state index in [9.17, 15) is 4.79 Å². The van der Waals surface area contributed by atoms with Gasteiger partial charge in [-0.05, 0) is 42.8 Å². The van der Waals surface area contributed by atoms with Gasteiger partial charge in [0.05, 0.1) is 5.57 Å². The third kappa shape index (κ3) is 3.84. The average Bonchev–Trinajstić information content (AvgIpc) is 2.60. The molecule has 1 aliphatic rings. The van der Waals surface area contributed by atoms with E-state index >= 15 is 0 Å². The maximum atomic E-state index is 12.8. The van der Waals surface area contributed by atoms with Crippen molar-refractivity contribution in [1.29, 1.82) is 0 Å². The minimum atomic E-state index is -1.11. The number of carbonyl (C=O) groups excluding carboxylic acids is 1. The second-order valence-corrected chi connectivity index (χ2v) is 6.26. The van der Waals surface area contributed by atoms with E-state index in [4.69, 9.17) is 21.1 Å². The second-order valence-electron chi connectivity index (χ2n) is 5.83. The van der Waals surface area contributed by atoms with Crippen LogP contribution >= 0.6 is 11.6 Å². The van der Waals surface area contributed by atoms with Crippen LogP contribution in [0.2, 0.25) is 5.02 Å². The van der Waals surface area contributed by atoms with Gasteiger partial charge in [0.1, 0.15) is 5.75 Å². The predicted molar refractivity (Wildman–Crippen MR) is 101 cm³/mol. The molecule has 0 spiro atoms. The first kappa shape index (κ1) is 17.5. The molecule has 1 unspecified atom stereocenters. The van der Waals surface area contributed by atoms with Crippen molar-refractivity contribution >= 4 is 29.5 Å². The Bertz CT molecular complexity index is 836. The Balaban J connectivity index is 1.92. The van der Waals surface area contributed by atoms with Gasteiger partial charge in [-0.25, -0.2) is 0 Å². The Morgan fingerprint density at radius 1 is 1.20 bits per heavy atom. The molecule has 1 atom stereocenters. The maximum Gasteiger partial charge on any atom is 0.238 e. The van der Waals surface area contributed by atoms with Crippen molar-refractivity contribution < 1.29 is 14.3 Å². The van der Waals surface area contributed by atoms with Crippen LogP contribution in [0.1, 0.15) is 25.0 Å². The first-order chi connectivity index (χ1) is 12.0. The lowest BCUT2D eigenvalue weighted by atomic mass is 9.95. The fourth-order valence-corrected chi connectivity index (χ4v) is 2.88. The molecule has 0 fully saturated rings. The van der Waals surface area contributed by atoms with E-state index in [1.807, 2.05) is 49.4 Å². The standard InChI is InChI=1S/C21H19ClO3/c1-3-24-21(2)18(14-16-6-4-5-7-20(16)25-21)19(23)13-10-15-8-11-17(22)12-9-15/h4-14H,3H2,1-2H3/b13-10+. The molecule has 25 heavy (non-hydrogen) atoms. The number of ether oxygens (including phenoxy) is 2. The van der Waals surface area contributed by atoms with Crippen LogP contribution in [0.5, 0.6) is 5.75 Å². The molecule has 0 bridgehead atoms. The van der Waals surface area contributed by atoms with Gasteiger partial charge in [0.25, 0.3) is 0 Å². The molecule has 2 aromatic rings. The van der Waals surface area contributed by atoms with E-state index in [1.54, 1.807) is 25.1 Å². The molecule has 0 radical (unpaired) electrons. The highest BCUT2D eigenvalue weighted by Crippen LogP contribution is 2.37. The SMILES string of the molecule is CCOC1(C)Oc2ccccc2C=C1C(=O)/C=C/c1ccc(Cl)cc1. The summed E-state index contributed by atoms with van der Waals surface area (Å²) in [4.78, 5) is 12.8. The van der Waals surface area contributed by atoms with Gasteiger partial charge in [0.15, 0.2) is 5.78 Å². The molecule has 0 N–H and O–H groups in total. The Kier molecular flexibility index (Phi) is 5.07.